The highest BCUT2D eigenvalue weighted by Crippen LogP contribution is 2.00. The van der Waals surface area contributed by atoms with Crippen molar-refractivity contribution in [3.63, 3.8) is 0 Å². The second-order valence-electron chi connectivity index (χ2n) is 2.85. The van der Waals surface area contributed by atoms with Crippen molar-refractivity contribution in [2.75, 3.05) is 19.8 Å². The van der Waals surface area contributed by atoms with Gasteiger partial charge in [0, 0.05) is 12.8 Å². The molecule has 0 aromatic carbocycles. The van der Waals surface area contributed by atoms with Gasteiger partial charge >= 0.3 is 11.9 Å². The molecule has 6 nitrogen and oxygen atoms in total. The lowest BCUT2D eigenvalue weighted by Gasteiger charge is -1.99. The molecular weight excluding hydrogens is 216 g/mol. The highest BCUT2D eigenvalue weighted by Gasteiger charge is 2.02. The van der Waals surface area contributed by atoms with Crippen LogP contribution in [0.5, 0.6) is 0 Å². The first-order valence-corrected chi connectivity index (χ1v) is 5.17. The van der Waals surface area contributed by atoms with Crippen LogP contribution < -0.4 is 0 Å². The number of hydrogen-bond donors (Lipinski definition) is 3. The summed E-state index contributed by atoms with van der Waals surface area (Å²) in [4.78, 5) is 20.8. The second kappa shape index (κ2) is 13.9. The maximum absolute atomic E-state index is 10.7. The second-order valence-corrected chi connectivity index (χ2v) is 2.85. The van der Waals surface area contributed by atoms with Gasteiger partial charge in [-0.05, 0) is 19.8 Å². The third-order valence-electron chi connectivity index (χ3n) is 1.43. The predicted molar refractivity (Wildman–Crippen MR) is 56.9 cm³/mol. The van der Waals surface area contributed by atoms with Crippen LogP contribution in [0.4, 0.5) is 0 Å². The molecule has 0 aliphatic rings. The van der Waals surface area contributed by atoms with Gasteiger partial charge < -0.3 is 20.1 Å². The normalized spacial score (nSPS) is 8.94. The van der Waals surface area contributed by atoms with Gasteiger partial charge in [0.2, 0.25) is 0 Å². The number of carbonyl (C=O) groups excluding carboxylic acids is 1. The number of rotatable bonds is 7. The van der Waals surface area contributed by atoms with E-state index in [1.54, 1.807) is 6.92 Å². The van der Waals surface area contributed by atoms with Gasteiger partial charge in [0.05, 0.1) is 19.8 Å². The lowest BCUT2D eigenvalue weighted by Crippen LogP contribution is -2.03. The van der Waals surface area contributed by atoms with Gasteiger partial charge in [-0.3, -0.25) is 9.59 Å². The molecule has 96 valence electrons. The minimum Gasteiger partial charge on any atom is -0.481 e. The van der Waals surface area contributed by atoms with Crippen molar-refractivity contribution >= 4 is 11.9 Å². The quantitative estimate of drug-likeness (QED) is 0.430. The number of aliphatic hydroxyl groups is 2. The number of carboxylic acid groups (broad SMARTS) is 1. The van der Waals surface area contributed by atoms with E-state index in [4.69, 9.17) is 15.3 Å². The Bertz CT molecular complexity index is 178. The van der Waals surface area contributed by atoms with Crippen LogP contribution in [0.15, 0.2) is 0 Å². The van der Waals surface area contributed by atoms with Crippen LogP contribution in [0.25, 0.3) is 0 Å². The Balaban J connectivity index is 0. The fourth-order valence-electron chi connectivity index (χ4n) is 0.779. The molecule has 0 spiro atoms. The number of ether oxygens (including phenoxy) is 1. The van der Waals surface area contributed by atoms with Gasteiger partial charge in [-0.25, -0.2) is 0 Å². The summed E-state index contributed by atoms with van der Waals surface area (Å²) in [6.07, 6.45) is 1.57. The minimum atomic E-state index is -0.821. The van der Waals surface area contributed by atoms with Gasteiger partial charge in [0.1, 0.15) is 0 Å². The van der Waals surface area contributed by atoms with E-state index >= 15 is 0 Å². The average Bonchev–Trinajstić information content (AvgIpc) is 2.25. The maximum Gasteiger partial charge on any atom is 0.305 e. The fraction of sp³-hybridized carbons (Fsp3) is 0.800. The first-order valence-electron chi connectivity index (χ1n) is 5.17. The minimum absolute atomic E-state index is 0.124. The Morgan fingerprint density at radius 3 is 1.94 bits per heavy atom. The highest BCUT2D eigenvalue weighted by molar-refractivity contribution is 5.69. The number of aliphatic carboxylic acids is 1. The van der Waals surface area contributed by atoms with E-state index in [2.05, 4.69) is 4.74 Å². The molecule has 0 radical (unpaired) electrons. The van der Waals surface area contributed by atoms with E-state index in [0.29, 0.717) is 25.9 Å². The van der Waals surface area contributed by atoms with E-state index < -0.39 is 5.97 Å². The van der Waals surface area contributed by atoms with Gasteiger partial charge in [-0.2, -0.15) is 0 Å². The topological polar surface area (TPSA) is 104 Å². The summed E-state index contributed by atoms with van der Waals surface area (Å²) >= 11 is 0. The summed E-state index contributed by atoms with van der Waals surface area (Å²) in [5, 5.41) is 23.5. The molecule has 0 bridgehead atoms. The molecule has 0 heterocycles. The van der Waals surface area contributed by atoms with Crippen molar-refractivity contribution in [1.82, 2.24) is 0 Å². The Morgan fingerprint density at radius 1 is 1.06 bits per heavy atom. The SMILES string of the molecule is CCOC(=O)CCCCC(=O)O.OCCO. The van der Waals surface area contributed by atoms with Crippen LogP contribution in [0.3, 0.4) is 0 Å². The molecule has 0 saturated carbocycles. The third-order valence-corrected chi connectivity index (χ3v) is 1.43. The van der Waals surface area contributed by atoms with Gasteiger partial charge in [-0.1, -0.05) is 0 Å². The van der Waals surface area contributed by atoms with Crippen LogP contribution in [-0.4, -0.2) is 47.1 Å². The average molecular weight is 236 g/mol. The molecule has 3 N–H and O–H groups in total. The lowest BCUT2D eigenvalue weighted by molar-refractivity contribution is -0.143. The maximum atomic E-state index is 10.7. The number of esters is 1. The van der Waals surface area contributed by atoms with Crippen molar-refractivity contribution in [3.05, 3.63) is 0 Å². The number of hydrogen-bond acceptors (Lipinski definition) is 5. The molecule has 0 aliphatic heterocycles. The molecule has 6 heteroatoms. The smallest absolute Gasteiger partial charge is 0.305 e. The molecule has 16 heavy (non-hydrogen) atoms. The molecule has 0 rings (SSSR count). The van der Waals surface area contributed by atoms with Crippen molar-refractivity contribution in [2.24, 2.45) is 0 Å². The molecule has 0 atom stereocenters. The number of carbonyl (C=O) groups is 2. The first-order chi connectivity index (χ1) is 7.58. The zero-order valence-corrected chi connectivity index (χ0v) is 9.52. The third kappa shape index (κ3) is 18.6. The summed E-state index contributed by atoms with van der Waals surface area (Å²) in [5.74, 6) is -1.07. The largest absolute Gasteiger partial charge is 0.481 e. The van der Waals surface area contributed by atoms with Crippen LogP contribution in [-0.2, 0) is 14.3 Å². The number of carboxylic acids is 1. The lowest BCUT2D eigenvalue weighted by atomic mass is 10.2. The van der Waals surface area contributed by atoms with Crippen molar-refractivity contribution in [1.29, 1.82) is 0 Å². The Morgan fingerprint density at radius 2 is 1.56 bits per heavy atom. The monoisotopic (exact) mass is 236 g/mol. The zero-order valence-electron chi connectivity index (χ0n) is 9.52. The molecular formula is C10H20O6. The van der Waals surface area contributed by atoms with Gasteiger partial charge in [0.25, 0.3) is 0 Å². The molecule has 0 aromatic heterocycles. The van der Waals surface area contributed by atoms with Gasteiger partial charge in [-0.15, -0.1) is 0 Å². The van der Waals surface area contributed by atoms with Crippen LogP contribution in [0, 0.1) is 0 Å². The standard InChI is InChI=1S/C8H14O4.C2H6O2/c1-2-12-8(11)6-4-3-5-7(9)10;3-1-2-4/h2-6H2,1H3,(H,9,10);3-4H,1-2H2. The number of aliphatic hydroxyl groups excluding tert-OH is 2. The van der Waals surface area contributed by atoms with Crippen LogP contribution in [0.1, 0.15) is 32.6 Å². The Labute approximate surface area is 94.8 Å². The molecule has 0 aromatic rings. The molecule has 0 saturated heterocycles. The Kier molecular flexibility index (Phi) is 15.0. The molecule has 0 amide bonds. The van der Waals surface area contributed by atoms with Crippen molar-refractivity contribution in [3.8, 4) is 0 Å². The van der Waals surface area contributed by atoms with Gasteiger partial charge in [0.15, 0.2) is 0 Å². The first kappa shape index (κ1) is 17.3. The molecule has 0 aliphatic carbocycles. The van der Waals surface area contributed by atoms with Crippen LogP contribution >= 0.6 is 0 Å². The predicted octanol–water partition coefficient (Wildman–Crippen LogP) is 0.166. The van der Waals surface area contributed by atoms with Crippen LogP contribution in [0.2, 0.25) is 0 Å². The van der Waals surface area contributed by atoms with Crippen molar-refractivity contribution in [2.45, 2.75) is 32.6 Å². The van der Waals surface area contributed by atoms with E-state index in [9.17, 15) is 9.59 Å². The summed E-state index contributed by atoms with van der Waals surface area (Å²) in [6, 6.07) is 0. The summed E-state index contributed by atoms with van der Waals surface area (Å²) in [7, 11) is 0. The van der Waals surface area contributed by atoms with E-state index in [0.717, 1.165) is 0 Å². The summed E-state index contributed by atoms with van der Waals surface area (Å²) in [5.41, 5.74) is 0. The van der Waals surface area contributed by atoms with Crippen molar-refractivity contribution < 1.29 is 29.6 Å². The molecule has 0 fully saturated rings. The van der Waals surface area contributed by atoms with E-state index in [1.807, 2.05) is 0 Å². The summed E-state index contributed by atoms with van der Waals surface area (Å²) in [6.45, 7) is 1.88. The summed E-state index contributed by atoms with van der Waals surface area (Å²) < 4.78 is 4.66. The van der Waals surface area contributed by atoms with E-state index in [1.165, 1.54) is 0 Å². The molecule has 0 unspecified atom stereocenters. The Hall–Kier alpha value is -1.14. The number of unbranched alkanes of at least 4 members (excludes halogenated alkanes) is 1. The zero-order chi connectivity index (χ0) is 12.8. The van der Waals surface area contributed by atoms with E-state index in [-0.39, 0.29) is 25.6 Å². The highest BCUT2D eigenvalue weighted by atomic mass is 16.5. The fourth-order valence-corrected chi connectivity index (χ4v) is 0.779.